The highest BCUT2D eigenvalue weighted by Crippen LogP contribution is 2.43. The summed E-state index contributed by atoms with van der Waals surface area (Å²) in [6, 6.07) is 0. The van der Waals surface area contributed by atoms with Crippen LogP contribution in [0.15, 0.2) is 36.5 Å². The summed E-state index contributed by atoms with van der Waals surface area (Å²) in [5.41, 5.74) is 5.36. The SMILES string of the molecule is CCCCCC=CCC=CCCCCCCCCCC(=O)OC(COC(=O)CCCCCCCCCCCCCC=CCCCCCCCC)COP(=O)(O)OCCN. The third kappa shape index (κ3) is 45.6. The normalized spacial score (nSPS) is 13.5. The van der Waals surface area contributed by atoms with Crippen molar-refractivity contribution in [2.45, 2.75) is 238 Å². The van der Waals surface area contributed by atoms with E-state index in [4.69, 9.17) is 24.3 Å². The van der Waals surface area contributed by atoms with Crippen molar-refractivity contribution in [1.29, 1.82) is 0 Å². The molecule has 0 aliphatic heterocycles. The first-order chi connectivity index (χ1) is 28.8. The number of unbranched alkanes of at least 4 members (excludes halogenated alkanes) is 27. The van der Waals surface area contributed by atoms with Gasteiger partial charge in [-0.05, 0) is 70.6 Å². The highest BCUT2D eigenvalue weighted by molar-refractivity contribution is 7.47. The van der Waals surface area contributed by atoms with E-state index in [9.17, 15) is 19.0 Å². The molecule has 0 radical (unpaired) electrons. The molecule has 9 nitrogen and oxygen atoms in total. The van der Waals surface area contributed by atoms with Gasteiger partial charge in [-0.3, -0.25) is 18.6 Å². The lowest BCUT2D eigenvalue weighted by Crippen LogP contribution is -2.29. The molecule has 0 amide bonds. The van der Waals surface area contributed by atoms with Crippen molar-refractivity contribution in [2.24, 2.45) is 5.73 Å². The lowest BCUT2D eigenvalue weighted by Gasteiger charge is -2.19. The van der Waals surface area contributed by atoms with Gasteiger partial charge in [-0.15, -0.1) is 0 Å². The van der Waals surface area contributed by atoms with E-state index >= 15 is 0 Å². The van der Waals surface area contributed by atoms with Gasteiger partial charge in [0.05, 0.1) is 13.2 Å². The minimum Gasteiger partial charge on any atom is -0.462 e. The van der Waals surface area contributed by atoms with Crippen LogP contribution >= 0.6 is 7.82 Å². The Morgan fingerprint density at radius 2 is 0.881 bits per heavy atom. The van der Waals surface area contributed by atoms with Crippen LogP contribution in [-0.4, -0.2) is 49.3 Å². The molecule has 0 bridgehead atoms. The average Bonchev–Trinajstić information content (AvgIpc) is 3.22. The number of phosphoric ester groups is 1. The van der Waals surface area contributed by atoms with Crippen LogP contribution in [-0.2, 0) is 32.7 Å². The zero-order valence-corrected chi connectivity index (χ0v) is 39.1. The molecule has 0 spiro atoms. The zero-order chi connectivity index (χ0) is 43.2. The van der Waals surface area contributed by atoms with E-state index in [1.807, 2.05) is 0 Å². The second-order valence-electron chi connectivity index (χ2n) is 16.3. The van der Waals surface area contributed by atoms with Gasteiger partial charge < -0.3 is 20.1 Å². The number of carbonyl (C=O) groups excluding carboxylic acids is 2. The number of nitrogens with two attached hydrogens (primary N) is 1. The molecule has 59 heavy (non-hydrogen) atoms. The second-order valence-corrected chi connectivity index (χ2v) is 17.8. The molecule has 0 aromatic carbocycles. The van der Waals surface area contributed by atoms with Crippen molar-refractivity contribution in [3.8, 4) is 0 Å². The van der Waals surface area contributed by atoms with Crippen LogP contribution in [0.4, 0.5) is 0 Å². The highest BCUT2D eigenvalue weighted by atomic mass is 31.2. The summed E-state index contributed by atoms with van der Waals surface area (Å²) in [6.07, 6.45) is 51.7. The maximum Gasteiger partial charge on any atom is 0.472 e. The van der Waals surface area contributed by atoms with Crippen LogP contribution in [0.1, 0.15) is 232 Å². The molecule has 0 aromatic heterocycles. The Labute approximate surface area is 363 Å². The Hall–Kier alpha value is -1.77. The minimum atomic E-state index is -4.38. The van der Waals surface area contributed by atoms with E-state index in [0.29, 0.717) is 6.42 Å². The monoisotopic (exact) mass is 854 g/mol. The third-order valence-corrected chi connectivity index (χ3v) is 11.5. The van der Waals surface area contributed by atoms with Gasteiger partial charge in [0.1, 0.15) is 6.61 Å². The van der Waals surface area contributed by atoms with Gasteiger partial charge in [0.15, 0.2) is 6.10 Å². The van der Waals surface area contributed by atoms with Crippen LogP contribution in [0.5, 0.6) is 0 Å². The predicted octanol–water partition coefficient (Wildman–Crippen LogP) is 14.5. The fourth-order valence-corrected chi connectivity index (χ4v) is 7.60. The molecule has 346 valence electrons. The molecule has 0 aromatic rings. The molecular formula is C49H92NO8P. The van der Waals surface area contributed by atoms with Crippen molar-refractivity contribution in [3.05, 3.63) is 36.5 Å². The van der Waals surface area contributed by atoms with E-state index in [-0.39, 0.29) is 38.6 Å². The minimum absolute atomic E-state index is 0.0521. The van der Waals surface area contributed by atoms with Gasteiger partial charge in [0.2, 0.25) is 0 Å². The first-order valence-electron chi connectivity index (χ1n) is 24.5. The fourth-order valence-electron chi connectivity index (χ4n) is 6.84. The lowest BCUT2D eigenvalue weighted by atomic mass is 10.0. The first-order valence-corrected chi connectivity index (χ1v) is 26.0. The van der Waals surface area contributed by atoms with Gasteiger partial charge in [-0.2, -0.15) is 0 Å². The second kappa shape index (κ2) is 45.7. The largest absolute Gasteiger partial charge is 0.472 e. The van der Waals surface area contributed by atoms with Crippen LogP contribution in [0.2, 0.25) is 0 Å². The Balaban J connectivity index is 4.06. The van der Waals surface area contributed by atoms with Gasteiger partial charge in [-0.25, -0.2) is 4.57 Å². The summed E-state index contributed by atoms with van der Waals surface area (Å²) in [4.78, 5) is 35.0. The van der Waals surface area contributed by atoms with Gasteiger partial charge in [0.25, 0.3) is 0 Å². The number of allylic oxidation sites excluding steroid dienone is 6. The van der Waals surface area contributed by atoms with Gasteiger partial charge in [0, 0.05) is 19.4 Å². The van der Waals surface area contributed by atoms with Crippen LogP contribution in [0.25, 0.3) is 0 Å². The molecule has 0 fully saturated rings. The standard InChI is InChI=1S/C49H92NO8P/c1-3-5-7-9-11-13-15-17-19-21-22-23-24-26-27-29-31-33-35-37-39-41-48(51)55-45-47(46-57-59(53,54)56-44-43-50)58-49(52)42-40-38-36-34-32-30-28-25-20-18-16-14-12-10-8-6-4-2/h12,14,17-20,47H,3-11,13,15-16,21-46,50H2,1-2H3,(H,53,54). The van der Waals surface area contributed by atoms with Crippen molar-refractivity contribution >= 4 is 19.8 Å². The molecule has 0 aliphatic rings. The van der Waals surface area contributed by atoms with Crippen molar-refractivity contribution in [3.63, 3.8) is 0 Å². The molecule has 10 heteroatoms. The molecule has 0 saturated heterocycles. The zero-order valence-electron chi connectivity index (χ0n) is 38.2. The third-order valence-electron chi connectivity index (χ3n) is 10.5. The number of esters is 2. The quantitative estimate of drug-likeness (QED) is 0.0265. The Morgan fingerprint density at radius 1 is 0.508 bits per heavy atom. The topological polar surface area (TPSA) is 134 Å². The van der Waals surface area contributed by atoms with E-state index < -0.39 is 26.5 Å². The Morgan fingerprint density at radius 3 is 1.34 bits per heavy atom. The van der Waals surface area contributed by atoms with Crippen LogP contribution in [0.3, 0.4) is 0 Å². The molecule has 0 rings (SSSR count). The van der Waals surface area contributed by atoms with E-state index in [0.717, 1.165) is 51.4 Å². The van der Waals surface area contributed by atoms with Crippen molar-refractivity contribution < 1.29 is 37.6 Å². The van der Waals surface area contributed by atoms with Gasteiger partial charge in [-0.1, -0.05) is 185 Å². The smallest absolute Gasteiger partial charge is 0.462 e. The van der Waals surface area contributed by atoms with Crippen molar-refractivity contribution in [1.82, 2.24) is 0 Å². The molecule has 0 heterocycles. The summed E-state index contributed by atoms with van der Waals surface area (Å²) in [5, 5.41) is 0. The molecule has 0 aliphatic carbocycles. The summed E-state index contributed by atoms with van der Waals surface area (Å²) in [7, 11) is -4.38. The van der Waals surface area contributed by atoms with Crippen LogP contribution < -0.4 is 5.73 Å². The summed E-state index contributed by atoms with van der Waals surface area (Å²) >= 11 is 0. The number of rotatable bonds is 46. The summed E-state index contributed by atoms with van der Waals surface area (Å²) in [5.74, 6) is -0.832. The first kappa shape index (κ1) is 57.2. The number of hydrogen-bond acceptors (Lipinski definition) is 8. The fraction of sp³-hybridized carbons (Fsp3) is 0.837. The van der Waals surface area contributed by atoms with Crippen LogP contribution in [0, 0.1) is 0 Å². The number of ether oxygens (including phenoxy) is 2. The number of carbonyl (C=O) groups is 2. The molecular weight excluding hydrogens is 762 g/mol. The molecule has 2 atom stereocenters. The highest BCUT2D eigenvalue weighted by Gasteiger charge is 2.26. The average molecular weight is 854 g/mol. The number of phosphoric acid groups is 1. The predicted molar refractivity (Wildman–Crippen MR) is 247 cm³/mol. The molecule has 3 N–H and O–H groups in total. The molecule has 2 unspecified atom stereocenters. The number of hydrogen-bond donors (Lipinski definition) is 2. The summed E-state index contributed by atoms with van der Waals surface area (Å²) in [6.45, 7) is 3.72. The van der Waals surface area contributed by atoms with E-state index in [2.05, 4.69) is 50.3 Å². The Kier molecular flexibility index (Phi) is 44.4. The maximum absolute atomic E-state index is 12.6. The summed E-state index contributed by atoms with van der Waals surface area (Å²) < 4.78 is 32.9. The van der Waals surface area contributed by atoms with Crippen molar-refractivity contribution in [2.75, 3.05) is 26.4 Å². The van der Waals surface area contributed by atoms with E-state index in [1.165, 1.54) is 148 Å². The maximum atomic E-state index is 12.6. The lowest BCUT2D eigenvalue weighted by molar-refractivity contribution is -0.161. The molecule has 0 saturated carbocycles. The van der Waals surface area contributed by atoms with E-state index in [1.54, 1.807) is 0 Å². The van der Waals surface area contributed by atoms with Gasteiger partial charge >= 0.3 is 19.8 Å². The Bertz CT molecular complexity index is 1060.